The van der Waals surface area contributed by atoms with Gasteiger partial charge in [-0.05, 0) is 54.7 Å². The molecule has 2 aromatic carbocycles. The summed E-state index contributed by atoms with van der Waals surface area (Å²) in [4.78, 5) is 0. The average molecular weight is 288 g/mol. The molecule has 3 heteroatoms. The molecule has 0 saturated heterocycles. The molecule has 0 fully saturated rings. The average Bonchev–Trinajstić information content (AvgIpc) is 2.49. The molecule has 0 bridgehead atoms. The molecular weight excluding hydrogens is 267 g/mol. The Morgan fingerprint density at radius 2 is 1.62 bits per heavy atom. The molecule has 2 aromatic rings. The summed E-state index contributed by atoms with van der Waals surface area (Å²) in [6.07, 6.45) is 0.397. The minimum atomic E-state index is -0.802. The first kappa shape index (κ1) is 15.7. The number of aryl methyl sites for hydroxylation is 2. The van der Waals surface area contributed by atoms with Gasteiger partial charge in [0.2, 0.25) is 0 Å². The summed E-state index contributed by atoms with van der Waals surface area (Å²) >= 11 is 0. The summed E-state index contributed by atoms with van der Waals surface area (Å²) in [5, 5.41) is 19.8. The van der Waals surface area contributed by atoms with Crippen LogP contribution < -0.4 is 0 Å². The maximum atomic E-state index is 13.5. The van der Waals surface area contributed by atoms with Crippen LogP contribution in [0.3, 0.4) is 0 Å². The van der Waals surface area contributed by atoms with Gasteiger partial charge < -0.3 is 10.2 Å². The molecule has 21 heavy (non-hydrogen) atoms. The zero-order valence-corrected chi connectivity index (χ0v) is 12.4. The van der Waals surface area contributed by atoms with E-state index in [9.17, 15) is 14.6 Å². The van der Waals surface area contributed by atoms with Crippen molar-refractivity contribution in [2.75, 3.05) is 13.2 Å². The van der Waals surface area contributed by atoms with Gasteiger partial charge in [0.15, 0.2) is 0 Å². The predicted octanol–water partition coefficient (Wildman–Crippen LogP) is 2.91. The molecule has 0 aliphatic carbocycles. The van der Waals surface area contributed by atoms with Crippen LogP contribution in [0.2, 0.25) is 0 Å². The smallest absolute Gasteiger partial charge is 0.123 e. The van der Waals surface area contributed by atoms with Crippen molar-refractivity contribution in [1.29, 1.82) is 0 Å². The summed E-state index contributed by atoms with van der Waals surface area (Å²) in [6, 6.07) is 12.3. The van der Waals surface area contributed by atoms with Gasteiger partial charge in [-0.1, -0.05) is 30.3 Å². The molecule has 0 spiro atoms. The first-order valence-electron chi connectivity index (χ1n) is 7.05. The van der Waals surface area contributed by atoms with Crippen molar-refractivity contribution in [2.24, 2.45) is 0 Å². The SMILES string of the molecule is Cc1ccc(F)cc1CC(CO)(CO)c1ccccc1C. The quantitative estimate of drug-likeness (QED) is 0.888. The maximum Gasteiger partial charge on any atom is 0.123 e. The van der Waals surface area contributed by atoms with E-state index < -0.39 is 5.41 Å². The maximum absolute atomic E-state index is 13.5. The molecule has 0 aliphatic rings. The van der Waals surface area contributed by atoms with Gasteiger partial charge in [0.05, 0.1) is 13.2 Å². The molecule has 2 nitrogen and oxygen atoms in total. The number of hydrogen-bond acceptors (Lipinski definition) is 2. The fourth-order valence-corrected chi connectivity index (χ4v) is 2.79. The van der Waals surface area contributed by atoms with Gasteiger partial charge in [-0.3, -0.25) is 0 Å². The Morgan fingerprint density at radius 3 is 2.24 bits per heavy atom. The van der Waals surface area contributed by atoms with Crippen molar-refractivity contribution >= 4 is 0 Å². The van der Waals surface area contributed by atoms with Crippen molar-refractivity contribution in [2.45, 2.75) is 25.7 Å². The van der Waals surface area contributed by atoms with Gasteiger partial charge in [0.1, 0.15) is 5.82 Å². The zero-order chi connectivity index (χ0) is 15.5. The van der Waals surface area contributed by atoms with E-state index in [1.54, 1.807) is 6.07 Å². The molecule has 0 heterocycles. The van der Waals surface area contributed by atoms with Crippen LogP contribution in [-0.4, -0.2) is 23.4 Å². The Labute approximate surface area is 124 Å². The minimum absolute atomic E-state index is 0.190. The largest absolute Gasteiger partial charge is 0.395 e. The molecule has 0 aromatic heterocycles. The fraction of sp³-hybridized carbons (Fsp3) is 0.333. The van der Waals surface area contributed by atoms with E-state index in [-0.39, 0.29) is 19.0 Å². The molecule has 0 unspecified atom stereocenters. The van der Waals surface area contributed by atoms with Gasteiger partial charge >= 0.3 is 0 Å². The van der Waals surface area contributed by atoms with E-state index in [1.807, 2.05) is 38.1 Å². The normalized spacial score (nSPS) is 11.7. The summed E-state index contributed by atoms with van der Waals surface area (Å²) in [6.45, 7) is 3.48. The Bertz CT molecular complexity index is 618. The monoisotopic (exact) mass is 288 g/mol. The van der Waals surface area contributed by atoms with Crippen molar-refractivity contribution in [3.63, 3.8) is 0 Å². The molecule has 0 aliphatic heterocycles. The van der Waals surface area contributed by atoms with E-state index in [2.05, 4.69) is 0 Å². The molecular formula is C18H21FO2. The number of benzene rings is 2. The number of aliphatic hydroxyl groups is 2. The third kappa shape index (κ3) is 3.14. The molecule has 0 radical (unpaired) electrons. The van der Waals surface area contributed by atoms with Crippen LogP contribution in [0.25, 0.3) is 0 Å². The van der Waals surface area contributed by atoms with Gasteiger partial charge in [0.25, 0.3) is 0 Å². The molecule has 0 amide bonds. The molecule has 2 rings (SSSR count). The molecule has 112 valence electrons. The lowest BCUT2D eigenvalue weighted by Crippen LogP contribution is -2.38. The lowest BCUT2D eigenvalue weighted by atomic mass is 9.74. The van der Waals surface area contributed by atoms with E-state index in [0.717, 1.165) is 22.3 Å². The van der Waals surface area contributed by atoms with Gasteiger partial charge in [-0.2, -0.15) is 0 Å². The highest BCUT2D eigenvalue weighted by Crippen LogP contribution is 2.31. The van der Waals surface area contributed by atoms with E-state index >= 15 is 0 Å². The lowest BCUT2D eigenvalue weighted by molar-refractivity contribution is 0.115. The van der Waals surface area contributed by atoms with E-state index in [1.165, 1.54) is 12.1 Å². The molecule has 0 atom stereocenters. The van der Waals surface area contributed by atoms with Crippen LogP contribution in [0.1, 0.15) is 22.3 Å². The molecule has 0 saturated carbocycles. The highest BCUT2D eigenvalue weighted by molar-refractivity contribution is 5.38. The van der Waals surface area contributed by atoms with Crippen LogP contribution in [0.15, 0.2) is 42.5 Å². The van der Waals surface area contributed by atoms with Gasteiger partial charge in [-0.25, -0.2) is 4.39 Å². The Morgan fingerprint density at radius 1 is 0.952 bits per heavy atom. The number of hydrogen-bond donors (Lipinski definition) is 2. The fourth-order valence-electron chi connectivity index (χ4n) is 2.79. The van der Waals surface area contributed by atoms with Crippen molar-refractivity contribution in [3.05, 3.63) is 70.5 Å². The van der Waals surface area contributed by atoms with Crippen LogP contribution >= 0.6 is 0 Å². The van der Waals surface area contributed by atoms with E-state index in [4.69, 9.17) is 0 Å². The van der Waals surface area contributed by atoms with Crippen LogP contribution in [-0.2, 0) is 11.8 Å². The Balaban J connectivity index is 2.48. The predicted molar refractivity (Wildman–Crippen MR) is 81.9 cm³/mol. The Kier molecular flexibility index (Phi) is 4.76. The van der Waals surface area contributed by atoms with Crippen molar-refractivity contribution in [1.82, 2.24) is 0 Å². The summed E-state index contributed by atoms with van der Waals surface area (Å²) in [5.41, 5.74) is 2.87. The second-order valence-corrected chi connectivity index (χ2v) is 5.66. The van der Waals surface area contributed by atoms with Crippen LogP contribution in [0, 0.1) is 19.7 Å². The van der Waals surface area contributed by atoms with E-state index in [0.29, 0.717) is 6.42 Å². The number of rotatable bonds is 5. The van der Waals surface area contributed by atoms with Crippen molar-refractivity contribution in [3.8, 4) is 0 Å². The Hall–Kier alpha value is -1.71. The third-order valence-electron chi connectivity index (χ3n) is 4.16. The number of halogens is 1. The third-order valence-corrected chi connectivity index (χ3v) is 4.16. The van der Waals surface area contributed by atoms with Crippen LogP contribution in [0.5, 0.6) is 0 Å². The lowest BCUT2D eigenvalue weighted by Gasteiger charge is -2.32. The summed E-state index contributed by atoms with van der Waals surface area (Å²) in [5.74, 6) is -0.301. The second kappa shape index (κ2) is 6.37. The summed E-state index contributed by atoms with van der Waals surface area (Å²) in [7, 11) is 0. The standard InChI is InChI=1S/C18H21FO2/c1-13-7-8-16(19)9-15(13)10-18(11-20,12-21)17-6-4-3-5-14(17)2/h3-9,20-21H,10-12H2,1-2H3. The van der Waals surface area contributed by atoms with Crippen LogP contribution in [0.4, 0.5) is 4.39 Å². The number of aliphatic hydroxyl groups excluding tert-OH is 2. The highest BCUT2D eigenvalue weighted by atomic mass is 19.1. The van der Waals surface area contributed by atoms with Gasteiger partial charge in [-0.15, -0.1) is 0 Å². The first-order valence-corrected chi connectivity index (χ1v) is 7.05. The van der Waals surface area contributed by atoms with Crippen molar-refractivity contribution < 1.29 is 14.6 Å². The topological polar surface area (TPSA) is 40.5 Å². The zero-order valence-electron chi connectivity index (χ0n) is 12.4. The summed E-state index contributed by atoms with van der Waals surface area (Å²) < 4.78 is 13.5. The minimum Gasteiger partial charge on any atom is -0.395 e. The molecule has 2 N–H and O–H groups in total. The first-order chi connectivity index (χ1) is 10.0. The van der Waals surface area contributed by atoms with Gasteiger partial charge in [0, 0.05) is 5.41 Å². The second-order valence-electron chi connectivity index (χ2n) is 5.66. The highest BCUT2D eigenvalue weighted by Gasteiger charge is 2.33.